The third-order valence-electron chi connectivity index (χ3n) is 1.22. The molecule has 0 aliphatic carbocycles. The Bertz CT molecular complexity index is 75.8. The molecule has 0 aromatic heterocycles. The summed E-state index contributed by atoms with van der Waals surface area (Å²) in [5.41, 5.74) is 0.381. The van der Waals surface area contributed by atoms with E-state index in [4.69, 9.17) is 16.3 Å². The van der Waals surface area contributed by atoms with Crippen LogP contribution in [0.1, 0.15) is 27.2 Å². The molecule has 2 heteroatoms. The fourth-order valence-corrected chi connectivity index (χ4v) is 0.644. The highest BCUT2D eigenvalue weighted by Crippen LogP contribution is 2.17. The molecule has 0 fully saturated rings. The van der Waals surface area contributed by atoms with Crippen LogP contribution in [-0.4, -0.2) is 19.1 Å². The van der Waals surface area contributed by atoms with Crippen LogP contribution in [0, 0.1) is 5.41 Å². The van der Waals surface area contributed by atoms with Gasteiger partial charge in [0, 0.05) is 12.5 Å². The number of halogens is 1. The smallest absolute Gasteiger partial charge is 0.0601 e. The Labute approximate surface area is 68.7 Å². The van der Waals surface area contributed by atoms with Crippen molar-refractivity contribution in [3.05, 3.63) is 0 Å². The minimum absolute atomic E-state index is 0.381. The van der Waals surface area contributed by atoms with Gasteiger partial charge in [0.25, 0.3) is 0 Å². The first-order valence-electron chi connectivity index (χ1n) is 3.70. The molecule has 0 aromatic rings. The van der Waals surface area contributed by atoms with Gasteiger partial charge in [0.2, 0.25) is 0 Å². The minimum Gasteiger partial charge on any atom is -0.380 e. The third-order valence-corrected chi connectivity index (χ3v) is 1.37. The van der Waals surface area contributed by atoms with E-state index >= 15 is 0 Å². The number of hydrogen-bond acceptors (Lipinski definition) is 1. The average Bonchev–Trinajstić information content (AvgIpc) is 1.78. The molecule has 0 unspecified atom stereocenters. The Morgan fingerprint density at radius 3 is 2.20 bits per heavy atom. The van der Waals surface area contributed by atoms with Crippen LogP contribution < -0.4 is 0 Å². The number of ether oxygens (including phenoxy) is 1. The van der Waals surface area contributed by atoms with Crippen molar-refractivity contribution in [1.82, 2.24) is 0 Å². The van der Waals surface area contributed by atoms with Crippen molar-refractivity contribution in [2.24, 2.45) is 5.41 Å². The summed E-state index contributed by atoms with van der Waals surface area (Å²) >= 11 is 5.43. The van der Waals surface area contributed by atoms with Crippen LogP contribution in [0.15, 0.2) is 0 Å². The molecule has 0 N–H and O–H groups in total. The molecule has 0 amide bonds. The van der Waals surface area contributed by atoms with Crippen molar-refractivity contribution >= 4 is 11.6 Å². The zero-order chi connectivity index (χ0) is 8.04. The summed E-state index contributed by atoms with van der Waals surface area (Å²) in [6, 6.07) is 0. The molecule has 0 spiro atoms. The summed E-state index contributed by atoms with van der Waals surface area (Å²) in [7, 11) is 0. The zero-order valence-electron chi connectivity index (χ0n) is 7.11. The van der Waals surface area contributed by atoms with E-state index in [1.54, 1.807) is 0 Å². The van der Waals surface area contributed by atoms with Crippen LogP contribution in [0.3, 0.4) is 0 Å². The fourth-order valence-electron chi connectivity index (χ4n) is 0.535. The van der Waals surface area contributed by atoms with Crippen molar-refractivity contribution < 1.29 is 4.74 Å². The average molecular weight is 165 g/mol. The SMILES string of the molecule is CC(C)(C)CCOCCCl. The van der Waals surface area contributed by atoms with E-state index < -0.39 is 0 Å². The largest absolute Gasteiger partial charge is 0.380 e. The van der Waals surface area contributed by atoms with Gasteiger partial charge in [0.15, 0.2) is 0 Å². The molecular formula is C8H17ClO. The summed E-state index contributed by atoms with van der Waals surface area (Å²) in [6.07, 6.45) is 1.10. The van der Waals surface area contributed by atoms with Gasteiger partial charge in [0.1, 0.15) is 0 Å². The lowest BCUT2D eigenvalue weighted by molar-refractivity contribution is 0.120. The van der Waals surface area contributed by atoms with Crippen LogP contribution in [0.25, 0.3) is 0 Å². The predicted octanol–water partition coefficient (Wildman–Crippen LogP) is 2.68. The first-order chi connectivity index (χ1) is 4.56. The summed E-state index contributed by atoms with van der Waals surface area (Å²) in [5, 5.41) is 0. The lowest BCUT2D eigenvalue weighted by Crippen LogP contribution is -2.10. The van der Waals surface area contributed by atoms with Gasteiger partial charge in [-0.05, 0) is 11.8 Å². The quantitative estimate of drug-likeness (QED) is 0.459. The summed E-state index contributed by atoms with van der Waals surface area (Å²) in [4.78, 5) is 0. The highest BCUT2D eigenvalue weighted by molar-refractivity contribution is 6.17. The van der Waals surface area contributed by atoms with Crippen LogP contribution >= 0.6 is 11.6 Å². The molecule has 0 radical (unpaired) electrons. The Balaban J connectivity index is 3.04. The van der Waals surface area contributed by atoms with Gasteiger partial charge in [-0.2, -0.15) is 0 Å². The Kier molecular flexibility index (Phi) is 5.10. The van der Waals surface area contributed by atoms with Gasteiger partial charge in [-0.3, -0.25) is 0 Å². The minimum atomic E-state index is 0.381. The number of alkyl halides is 1. The van der Waals surface area contributed by atoms with E-state index in [9.17, 15) is 0 Å². The molecular weight excluding hydrogens is 148 g/mol. The molecule has 0 aromatic carbocycles. The van der Waals surface area contributed by atoms with Crippen molar-refractivity contribution in [2.45, 2.75) is 27.2 Å². The molecule has 62 valence electrons. The maximum absolute atomic E-state index is 5.43. The standard InChI is InChI=1S/C8H17ClO/c1-8(2,3)4-6-10-7-5-9/h4-7H2,1-3H3. The van der Waals surface area contributed by atoms with Gasteiger partial charge < -0.3 is 4.74 Å². The molecule has 0 aliphatic rings. The molecule has 0 atom stereocenters. The second-order valence-electron chi connectivity index (χ2n) is 3.61. The fraction of sp³-hybridized carbons (Fsp3) is 1.00. The van der Waals surface area contributed by atoms with Gasteiger partial charge in [-0.25, -0.2) is 0 Å². The van der Waals surface area contributed by atoms with E-state index in [1.807, 2.05) is 0 Å². The highest BCUT2D eigenvalue weighted by atomic mass is 35.5. The van der Waals surface area contributed by atoms with E-state index in [1.165, 1.54) is 0 Å². The maximum Gasteiger partial charge on any atom is 0.0601 e. The lowest BCUT2D eigenvalue weighted by atomic mass is 9.93. The molecule has 0 saturated carbocycles. The highest BCUT2D eigenvalue weighted by Gasteiger charge is 2.08. The summed E-state index contributed by atoms with van der Waals surface area (Å²) in [6.45, 7) is 8.12. The zero-order valence-corrected chi connectivity index (χ0v) is 7.87. The molecule has 0 bridgehead atoms. The van der Waals surface area contributed by atoms with E-state index in [-0.39, 0.29) is 0 Å². The number of rotatable bonds is 4. The van der Waals surface area contributed by atoms with Crippen LogP contribution in [0.5, 0.6) is 0 Å². The Morgan fingerprint density at radius 1 is 1.20 bits per heavy atom. The molecule has 10 heavy (non-hydrogen) atoms. The van der Waals surface area contributed by atoms with Crippen LogP contribution in [0.2, 0.25) is 0 Å². The monoisotopic (exact) mass is 164 g/mol. The molecule has 0 aliphatic heterocycles. The summed E-state index contributed by atoms with van der Waals surface area (Å²) < 4.78 is 5.23. The molecule has 0 heterocycles. The summed E-state index contributed by atoms with van der Waals surface area (Å²) in [5.74, 6) is 0.601. The second-order valence-corrected chi connectivity index (χ2v) is 3.99. The van der Waals surface area contributed by atoms with Crippen molar-refractivity contribution in [3.8, 4) is 0 Å². The van der Waals surface area contributed by atoms with Crippen LogP contribution in [0.4, 0.5) is 0 Å². The van der Waals surface area contributed by atoms with E-state index in [0.717, 1.165) is 13.0 Å². The predicted molar refractivity (Wildman–Crippen MR) is 45.6 cm³/mol. The maximum atomic E-state index is 5.43. The topological polar surface area (TPSA) is 9.23 Å². The molecule has 1 nitrogen and oxygen atoms in total. The molecule has 0 saturated heterocycles. The normalized spacial score (nSPS) is 12.0. The van der Waals surface area contributed by atoms with Gasteiger partial charge in [-0.15, -0.1) is 11.6 Å². The van der Waals surface area contributed by atoms with Crippen molar-refractivity contribution in [2.75, 3.05) is 19.1 Å². The van der Waals surface area contributed by atoms with E-state index in [0.29, 0.717) is 17.9 Å². The van der Waals surface area contributed by atoms with E-state index in [2.05, 4.69) is 20.8 Å². The number of hydrogen-bond donors (Lipinski definition) is 0. The Morgan fingerprint density at radius 2 is 1.80 bits per heavy atom. The van der Waals surface area contributed by atoms with Crippen LogP contribution in [-0.2, 0) is 4.74 Å². The molecule has 0 rings (SSSR count). The lowest BCUT2D eigenvalue weighted by Gasteiger charge is -2.17. The van der Waals surface area contributed by atoms with Crippen molar-refractivity contribution in [1.29, 1.82) is 0 Å². The third kappa shape index (κ3) is 8.25. The first-order valence-corrected chi connectivity index (χ1v) is 4.23. The van der Waals surface area contributed by atoms with Gasteiger partial charge in [0.05, 0.1) is 6.61 Å². The Hall–Kier alpha value is 0.250. The first kappa shape index (κ1) is 10.2. The van der Waals surface area contributed by atoms with Gasteiger partial charge in [-0.1, -0.05) is 20.8 Å². The van der Waals surface area contributed by atoms with Gasteiger partial charge >= 0.3 is 0 Å². The second kappa shape index (κ2) is 4.97. The van der Waals surface area contributed by atoms with Crippen molar-refractivity contribution in [3.63, 3.8) is 0 Å².